The summed E-state index contributed by atoms with van der Waals surface area (Å²) in [6.45, 7) is 1.40. The zero-order chi connectivity index (χ0) is 19.4. The van der Waals surface area contributed by atoms with Crippen LogP contribution in [0.4, 0.5) is 0 Å². The van der Waals surface area contributed by atoms with Crippen LogP contribution in [0.25, 0.3) is 11.0 Å². The summed E-state index contributed by atoms with van der Waals surface area (Å²) in [5.41, 5.74) is 0.991. The lowest BCUT2D eigenvalue weighted by molar-refractivity contribution is -0.125. The fourth-order valence-electron chi connectivity index (χ4n) is 2.57. The zero-order valence-electron chi connectivity index (χ0n) is 14.8. The minimum absolute atomic E-state index is 0.238. The van der Waals surface area contributed by atoms with Crippen molar-refractivity contribution in [2.24, 2.45) is 0 Å². The first-order valence-corrected chi connectivity index (χ1v) is 9.86. The first-order valence-electron chi connectivity index (χ1n) is 8.26. The van der Waals surface area contributed by atoms with E-state index in [2.05, 4.69) is 5.32 Å². The highest BCUT2D eigenvalue weighted by Gasteiger charge is 2.17. The van der Waals surface area contributed by atoms with Crippen LogP contribution >= 0.6 is 23.4 Å². The van der Waals surface area contributed by atoms with Gasteiger partial charge in [-0.2, -0.15) is 0 Å². The monoisotopic (exact) mass is 403 g/mol. The van der Waals surface area contributed by atoms with E-state index in [1.54, 1.807) is 19.1 Å². The summed E-state index contributed by atoms with van der Waals surface area (Å²) >= 11 is 7.53. The topological polar surface area (TPSA) is 68.5 Å². The molecule has 7 heteroatoms. The van der Waals surface area contributed by atoms with E-state index in [-0.39, 0.29) is 16.6 Å². The summed E-state index contributed by atoms with van der Waals surface area (Å²) in [4.78, 5) is 25.2. The van der Waals surface area contributed by atoms with Gasteiger partial charge in [-0.15, -0.1) is 11.8 Å². The van der Waals surface area contributed by atoms with Crippen molar-refractivity contribution in [3.05, 3.63) is 64.9 Å². The van der Waals surface area contributed by atoms with E-state index >= 15 is 0 Å². The van der Waals surface area contributed by atoms with E-state index in [0.29, 0.717) is 5.76 Å². The van der Waals surface area contributed by atoms with Crippen LogP contribution in [0.5, 0.6) is 0 Å². The van der Waals surface area contributed by atoms with Crippen molar-refractivity contribution in [2.75, 3.05) is 12.9 Å². The number of hydrogen-bond donors (Lipinski definition) is 1. The van der Waals surface area contributed by atoms with E-state index in [0.717, 1.165) is 15.9 Å². The second kappa shape index (κ2) is 8.50. The smallest absolute Gasteiger partial charge is 0.340 e. The van der Waals surface area contributed by atoms with Crippen molar-refractivity contribution in [3.8, 4) is 0 Å². The molecule has 3 aromatic rings. The summed E-state index contributed by atoms with van der Waals surface area (Å²) in [5, 5.41) is 4.00. The lowest BCUT2D eigenvalue weighted by atomic mass is 10.2. The minimum Gasteiger partial charge on any atom is -0.459 e. The fourth-order valence-corrected chi connectivity index (χ4v) is 3.20. The van der Waals surface area contributed by atoms with Crippen LogP contribution in [0.2, 0.25) is 5.02 Å². The van der Waals surface area contributed by atoms with Crippen molar-refractivity contribution >= 4 is 46.2 Å². The molecule has 27 heavy (non-hydrogen) atoms. The van der Waals surface area contributed by atoms with Gasteiger partial charge in [0.2, 0.25) is 0 Å². The molecule has 0 aliphatic heterocycles. The fraction of sp³-hybridized carbons (Fsp3) is 0.200. The number of benzene rings is 2. The van der Waals surface area contributed by atoms with Gasteiger partial charge in [0.15, 0.2) is 6.61 Å². The first-order chi connectivity index (χ1) is 13.0. The summed E-state index contributed by atoms with van der Waals surface area (Å²) in [6.07, 6.45) is 1.89. The number of amides is 1. The zero-order valence-corrected chi connectivity index (χ0v) is 16.4. The molecule has 2 aromatic carbocycles. The Morgan fingerprint density at radius 1 is 1.22 bits per heavy atom. The van der Waals surface area contributed by atoms with Crippen molar-refractivity contribution < 1.29 is 18.7 Å². The molecule has 0 spiro atoms. The van der Waals surface area contributed by atoms with Gasteiger partial charge in [-0.3, -0.25) is 4.79 Å². The van der Waals surface area contributed by atoms with Gasteiger partial charge in [-0.1, -0.05) is 29.8 Å². The van der Waals surface area contributed by atoms with Crippen LogP contribution in [-0.4, -0.2) is 24.7 Å². The third-order valence-electron chi connectivity index (χ3n) is 3.98. The summed E-state index contributed by atoms with van der Waals surface area (Å²) in [6, 6.07) is 14.2. The molecular formula is C20H18ClNO4S. The van der Waals surface area contributed by atoms with E-state index < -0.39 is 18.5 Å². The van der Waals surface area contributed by atoms with Crippen LogP contribution in [0, 0.1) is 0 Å². The third kappa shape index (κ3) is 4.64. The second-order valence-electron chi connectivity index (χ2n) is 5.90. The molecule has 0 fully saturated rings. The van der Waals surface area contributed by atoms with Gasteiger partial charge in [0.25, 0.3) is 5.91 Å². The van der Waals surface area contributed by atoms with Crippen LogP contribution in [0.3, 0.4) is 0 Å². The van der Waals surface area contributed by atoms with Gasteiger partial charge < -0.3 is 14.5 Å². The average molecular weight is 404 g/mol. The maximum absolute atomic E-state index is 12.2. The van der Waals surface area contributed by atoms with Gasteiger partial charge in [-0.25, -0.2) is 4.79 Å². The molecule has 0 saturated carbocycles. The molecule has 0 bridgehead atoms. The average Bonchev–Trinajstić information content (AvgIpc) is 3.11. The predicted molar refractivity (Wildman–Crippen MR) is 106 cm³/mol. The Morgan fingerprint density at radius 2 is 2.00 bits per heavy atom. The van der Waals surface area contributed by atoms with E-state index in [9.17, 15) is 9.59 Å². The number of esters is 1. The number of halogens is 1. The molecule has 0 aliphatic rings. The normalized spacial score (nSPS) is 12.0. The van der Waals surface area contributed by atoms with Crippen LogP contribution < -0.4 is 5.32 Å². The number of carbonyl (C=O) groups excluding carboxylic acids is 2. The lowest BCUT2D eigenvalue weighted by Gasteiger charge is -2.12. The molecule has 3 rings (SSSR count). The van der Waals surface area contributed by atoms with E-state index in [1.807, 2.05) is 42.7 Å². The standard InChI is InChI=1S/C20H18ClNO4S/c1-12(18-9-13-5-3-4-6-17(13)26-18)22-19(23)11-25-20(24)15-10-14(27-2)7-8-16(15)21/h3-10,12H,11H2,1-2H3,(H,22,23)/t12-/m1/s1. The van der Waals surface area contributed by atoms with E-state index in [1.165, 1.54) is 11.8 Å². The third-order valence-corrected chi connectivity index (χ3v) is 5.03. The number of carbonyl (C=O) groups is 2. The molecule has 140 valence electrons. The van der Waals surface area contributed by atoms with Crippen LogP contribution in [0.1, 0.15) is 29.1 Å². The van der Waals surface area contributed by atoms with Crippen molar-refractivity contribution in [1.82, 2.24) is 5.32 Å². The number of hydrogen-bond acceptors (Lipinski definition) is 5. The van der Waals surface area contributed by atoms with E-state index in [4.69, 9.17) is 20.8 Å². The maximum Gasteiger partial charge on any atom is 0.340 e. The Labute approximate surface area is 166 Å². The maximum atomic E-state index is 12.2. The highest BCUT2D eigenvalue weighted by atomic mass is 35.5. The predicted octanol–water partition coefficient (Wildman–Crippen LogP) is 4.84. The van der Waals surface area contributed by atoms with Crippen molar-refractivity contribution in [1.29, 1.82) is 0 Å². The number of thioether (sulfide) groups is 1. The molecule has 0 saturated heterocycles. The van der Waals surface area contributed by atoms with Crippen molar-refractivity contribution in [2.45, 2.75) is 17.9 Å². The Balaban J connectivity index is 1.58. The molecule has 1 aromatic heterocycles. The Kier molecular flexibility index (Phi) is 6.08. The first kappa shape index (κ1) is 19.3. The van der Waals surface area contributed by atoms with Gasteiger partial charge in [0.1, 0.15) is 11.3 Å². The molecule has 0 aliphatic carbocycles. The Morgan fingerprint density at radius 3 is 2.74 bits per heavy atom. The van der Waals surface area contributed by atoms with Gasteiger partial charge >= 0.3 is 5.97 Å². The molecule has 0 radical (unpaired) electrons. The molecule has 1 N–H and O–H groups in total. The second-order valence-corrected chi connectivity index (χ2v) is 7.18. The number of furan rings is 1. The molecule has 5 nitrogen and oxygen atoms in total. The number of rotatable bonds is 6. The van der Waals surface area contributed by atoms with Crippen LogP contribution in [0.15, 0.2) is 57.8 Å². The SMILES string of the molecule is CSc1ccc(Cl)c(C(=O)OCC(=O)N[C@H](C)c2cc3ccccc3o2)c1. The molecule has 1 heterocycles. The number of para-hydroxylation sites is 1. The Hall–Kier alpha value is -2.44. The number of nitrogens with one attached hydrogen (secondary N) is 1. The lowest BCUT2D eigenvalue weighted by Crippen LogP contribution is -2.31. The minimum atomic E-state index is -0.637. The highest BCUT2D eigenvalue weighted by molar-refractivity contribution is 7.98. The van der Waals surface area contributed by atoms with Gasteiger partial charge in [0.05, 0.1) is 16.6 Å². The van der Waals surface area contributed by atoms with Gasteiger partial charge in [-0.05, 0) is 43.5 Å². The van der Waals surface area contributed by atoms with Crippen LogP contribution in [-0.2, 0) is 9.53 Å². The van der Waals surface area contributed by atoms with Crippen molar-refractivity contribution in [3.63, 3.8) is 0 Å². The van der Waals surface area contributed by atoms with Gasteiger partial charge in [0, 0.05) is 10.3 Å². The molecule has 1 amide bonds. The highest BCUT2D eigenvalue weighted by Crippen LogP contribution is 2.24. The number of ether oxygens (including phenoxy) is 1. The molecule has 1 atom stereocenters. The molecular weight excluding hydrogens is 386 g/mol. The Bertz CT molecular complexity index is 952. The quantitative estimate of drug-likeness (QED) is 0.471. The summed E-state index contributed by atoms with van der Waals surface area (Å²) in [5.74, 6) is -0.428. The molecule has 0 unspecified atom stereocenters. The summed E-state index contributed by atoms with van der Waals surface area (Å²) in [7, 11) is 0. The number of fused-ring (bicyclic) bond motifs is 1. The largest absolute Gasteiger partial charge is 0.459 e. The summed E-state index contributed by atoms with van der Waals surface area (Å²) < 4.78 is 10.8.